The van der Waals surface area contributed by atoms with Gasteiger partial charge in [0.2, 0.25) is 0 Å². The largest absolute Gasteiger partial charge is 0.319 e. The summed E-state index contributed by atoms with van der Waals surface area (Å²) >= 11 is 2.88. The molecule has 0 saturated heterocycles. The zero-order valence-corrected chi connectivity index (χ0v) is 11.9. The molecular weight excluding hydrogens is 335 g/mol. The van der Waals surface area contributed by atoms with Gasteiger partial charge < -0.3 is 5.32 Å². The maximum atomic E-state index is 13.6. The lowest BCUT2D eigenvalue weighted by Crippen LogP contribution is -2.15. The van der Waals surface area contributed by atoms with Gasteiger partial charge in [-0.2, -0.15) is 0 Å². The molecule has 1 amide bonds. The first-order valence-corrected chi connectivity index (χ1v) is 6.40. The summed E-state index contributed by atoms with van der Waals surface area (Å²) < 4.78 is 40.2. The second kappa shape index (κ2) is 5.66. The average Bonchev–Trinajstić information content (AvgIpc) is 2.35. The number of halogens is 4. The molecule has 104 valence electrons. The third-order valence-electron chi connectivity index (χ3n) is 2.63. The smallest absolute Gasteiger partial charge is 0.258 e. The van der Waals surface area contributed by atoms with E-state index in [1.807, 2.05) is 0 Å². The van der Waals surface area contributed by atoms with Crippen LogP contribution in [0.5, 0.6) is 0 Å². The van der Waals surface area contributed by atoms with Crippen molar-refractivity contribution < 1.29 is 18.0 Å². The van der Waals surface area contributed by atoms with E-state index >= 15 is 0 Å². The van der Waals surface area contributed by atoms with Gasteiger partial charge in [0.25, 0.3) is 5.91 Å². The van der Waals surface area contributed by atoms with Gasteiger partial charge in [-0.1, -0.05) is 6.07 Å². The summed E-state index contributed by atoms with van der Waals surface area (Å²) in [5.41, 5.74) is 0.216. The van der Waals surface area contributed by atoms with Crippen LogP contribution in [0.2, 0.25) is 0 Å². The van der Waals surface area contributed by atoms with E-state index in [1.54, 1.807) is 13.0 Å². The monoisotopic (exact) mass is 343 g/mol. The van der Waals surface area contributed by atoms with Gasteiger partial charge in [-0.3, -0.25) is 4.79 Å². The number of carbonyl (C=O) groups is 1. The van der Waals surface area contributed by atoms with Gasteiger partial charge in [0.1, 0.15) is 17.5 Å². The van der Waals surface area contributed by atoms with Crippen molar-refractivity contribution in [1.82, 2.24) is 0 Å². The average molecular weight is 344 g/mol. The first-order chi connectivity index (χ1) is 9.38. The quantitative estimate of drug-likeness (QED) is 0.803. The highest BCUT2D eigenvalue weighted by Crippen LogP contribution is 2.24. The van der Waals surface area contributed by atoms with Crippen LogP contribution in [0, 0.1) is 24.4 Å². The van der Waals surface area contributed by atoms with E-state index in [0.717, 1.165) is 6.07 Å². The van der Waals surface area contributed by atoms with E-state index in [9.17, 15) is 18.0 Å². The molecular formula is C14H9BrF3NO. The van der Waals surface area contributed by atoms with Gasteiger partial charge in [-0.25, -0.2) is 13.2 Å². The fourth-order valence-corrected chi connectivity index (χ4v) is 1.96. The Balaban J connectivity index is 2.30. The molecule has 0 aromatic heterocycles. The summed E-state index contributed by atoms with van der Waals surface area (Å²) in [5, 5.41) is 2.20. The number of rotatable bonds is 2. The SMILES string of the molecule is Cc1ccc(C(=O)Nc2cc(Br)c(F)cc2F)c(F)c1. The van der Waals surface area contributed by atoms with E-state index in [-0.39, 0.29) is 15.7 Å². The molecule has 0 fully saturated rings. The minimum atomic E-state index is -0.938. The third-order valence-corrected chi connectivity index (χ3v) is 3.24. The zero-order chi connectivity index (χ0) is 14.9. The molecule has 0 radical (unpaired) electrons. The topological polar surface area (TPSA) is 29.1 Å². The van der Waals surface area contributed by atoms with Crippen LogP contribution in [-0.2, 0) is 0 Å². The molecule has 0 saturated carbocycles. The predicted molar refractivity (Wildman–Crippen MR) is 73.1 cm³/mol. The van der Waals surface area contributed by atoms with Crippen LogP contribution in [0.3, 0.4) is 0 Å². The lowest BCUT2D eigenvalue weighted by molar-refractivity contribution is 0.102. The van der Waals surface area contributed by atoms with Crippen LogP contribution in [0.15, 0.2) is 34.8 Å². The summed E-state index contributed by atoms with van der Waals surface area (Å²) in [6.45, 7) is 1.68. The molecule has 2 aromatic rings. The molecule has 0 heterocycles. The minimum Gasteiger partial charge on any atom is -0.319 e. The lowest BCUT2D eigenvalue weighted by Gasteiger charge is -2.08. The fourth-order valence-electron chi connectivity index (χ4n) is 1.61. The Morgan fingerprint density at radius 2 is 1.75 bits per heavy atom. The summed E-state index contributed by atoms with van der Waals surface area (Å²) in [7, 11) is 0. The highest BCUT2D eigenvalue weighted by atomic mass is 79.9. The van der Waals surface area contributed by atoms with Crippen LogP contribution in [0.4, 0.5) is 18.9 Å². The molecule has 20 heavy (non-hydrogen) atoms. The summed E-state index contributed by atoms with van der Waals surface area (Å²) in [4.78, 5) is 11.9. The molecule has 1 N–H and O–H groups in total. The van der Waals surface area contributed by atoms with E-state index in [2.05, 4.69) is 21.2 Å². The van der Waals surface area contributed by atoms with Crippen molar-refractivity contribution in [3.05, 3.63) is 63.4 Å². The van der Waals surface area contributed by atoms with E-state index < -0.39 is 23.4 Å². The Morgan fingerprint density at radius 1 is 1.05 bits per heavy atom. The number of anilines is 1. The zero-order valence-electron chi connectivity index (χ0n) is 10.3. The highest BCUT2D eigenvalue weighted by Gasteiger charge is 2.15. The molecule has 2 aromatic carbocycles. The Kier molecular flexibility index (Phi) is 4.13. The Bertz CT molecular complexity index is 688. The number of benzene rings is 2. The van der Waals surface area contributed by atoms with Crippen molar-refractivity contribution in [1.29, 1.82) is 0 Å². The van der Waals surface area contributed by atoms with Gasteiger partial charge in [-0.05, 0) is 46.6 Å². The normalized spacial score (nSPS) is 10.4. The van der Waals surface area contributed by atoms with E-state index in [4.69, 9.17) is 0 Å². The number of amides is 1. The molecule has 0 atom stereocenters. The Hall–Kier alpha value is -1.82. The van der Waals surface area contributed by atoms with Gasteiger partial charge in [0, 0.05) is 6.07 Å². The molecule has 2 nitrogen and oxygen atoms in total. The van der Waals surface area contributed by atoms with Gasteiger partial charge in [0.15, 0.2) is 0 Å². The first-order valence-electron chi connectivity index (χ1n) is 5.60. The molecule has 6 heteroatoms. The van der Waals surface area contributed by atoms with Crippen molar-refractivity contribution in [2.45, 2.75) is 6.92 Å². The maximum absolute atomic E-state index is 13.6. The molecule has 0 aliphatic rings. The number of hydrogen-bond donors (Lipinski definition) is 1. The van der Waals surface area contributed by atoms with Crippen molar-refractivity contribution >= 4 is 27.5 Å². The van der Waals surface area contributed by atoms with Crippen LogP contribution in [0.25, 0.3) is 0 Å². The highest BCUT2D eigenvalue weighted by molar-refractivity contribution is 9.10. The van der Waals surface area contributed by atoms with Gasteiger partial charge in [0.05, 0.1) is 15.7 Å². The maximum Gasteiger partial charge on any atom is 0.258 e. The van der Waals surface area contributed by atoms with Crippen LogP contribution < -0.4 is 5.32 Å². The Morgan fingerprint density at radius 3 is 2.40 bits per heavy atom. The van der Waals surface area contributed by atoms with Crippen molar-refractivity contribution in [2.75, 3.05) is 5.32 Å². The molecule has 0 unspecified atom stereocenters. The minimum absolute atomic E-state index is 0.00132. The first kappa shape index (κ1) is 14.6. The number of nitrogens with one attached hydrogen (secondary N) is 1. The Labute approximate surface area is 121 Å². The summed E-state index contributed by atoms with van der Waals surface area (Å²) in [6.07, 6.45) is 0. The van der Waals surface area contributed by atoms with Crippen molar-refractivity contribution in [2.24, 2.45) is 0 Å². The van der Waals surface area contributed by atoms with E-state index in [1.165, 1.54) is 12.1 Å². The standard InChI is InChI=1S/C14H9BrF3NO/c1-7-2-3-8(10(16)4-7)14(20)19-13-5-9(15)11(17)6-12(13)18/h2-6H,1H3,(H,19,20). The second-order valence-corrected chi connectivity index (χ2v) is 5.04. The van der Waals surface area contributed by atoms with E-state index in [0.29, 0.717) is 11.6 Å². The van der Waals surface area contributed by atoms with Crippen LogP contribution in [0.1, 0.15) is 15.9 Å². The predicted octanol–water partition coefficient (Wildman–Crippen LogP) is 4.43. The van der Waals surface area contributed by atoms with Crippen LogP contribution >= 0.6 is 15.9 Å². The second-order valence-electron chi connectivity index (χ2n) is 4.18. The number of aryl methyl sites for hydroxylation is 1. The molecule has 0 aliphatic carbocycles. The van der Waals surface area contributed by atoms with Crippen LogP contribution in [-0.4, -0.2) is 5.91 Å². The number of hydrogen-bond acceptors (Lipinski definition) is 1. The van der Waals surface area contributed by atoms with Crippen molar-refractivity contribution in [3.8, 4) is 0 Å². The third kappa shape index (κ3) is 3.01. The van der Waals surface area contributed by atoms with Gasteiger partial charge in [-0.15, -0.1) is 0 Å². The molecule has 0 spiro atoms. The fraction of sp³-hybridized carbons (Fsp3) is 0.0714. The number of carbonyl (C=O) groups excluding carboxylic acids is 1. The summed E-state index contributed by atoms with van der Waals surface area (Å²) in [6, 6.07) is 5.77. The lowest BCUT2D eigenvalue weighted by atomic mass is 10.1. The van der Waals surface area contributed by atoms with Crippen molar-refractivity contribution in [3.63, 3.8) is 0 Å². The molecule has 0 bridgehead atoms. The summed E-state index contributed by atoms with van der Waals surface area (Å²) in [5.74, 6) is -3.24. The molecule has 0 aliphatic heterocycles. The molecule has 2 rings (SSSR count). The van der Waals surface area contributed by atoms with Gasteiger partial charge >= 0.3 is 0 Å².